The fourth-order valence-electron chi connectivity index (χ4n) is 1.67. The molecular weight excluding hydrogens is 273 g/mol. The zero-order valence-corrected chi connectivity index (χ0v) is 11.6. The van der Waals surface area contributed by atoms with Gasteiger partial charge in [0, 0.05) is 0 Å². The second-order valence-corrected chi connectivity index (χ2v) is 9.19. The van der Waals surface area contributed by atoms with Crippen molar-refractivity contribution in [3.05, 3.63) is 22.3 Å². The molecule has 2 N–H and O–H groups in total. The zero-order valence-electron chi connectivity index (χ0n) is 8.70. The van der Waals surface area contributed by atoms with Gasteiger partial charge in [-0.15, -0.1) is 0 Å². The second kappa shape index (κ2) is 4.00. The summed E-state index contributed by atoms with van der Waals surface area (Å²) in [5, 5.41) is 8.88. The van der Waals surface area contributed by atoms with Crippen LogP contribution in [0.4, 0.5) is 0 Å². The van der Waals surface area contributed by atoms with Gasteiger partial charge in [-0.2, -0.15) is 0 Å². The third kappa shape index (κ3) is 2.09. The Morgan fingerprint density at radius 2 is 2.33 bits per heavy atom. The van der Waals surface area contributed by atoms with Crippen LogP contribution in [0.5, 0.6) is 0 Å². The third-order valence-corrected chi connectivity index (χ3v) is 5.60. The molecule has 0 aliphatic carbocycles. The van der Waals surface area contributed by atoms with Crippen molar-refractivity contribution in [2.24, 2.45) is 0 Å². The molecule has 2 aromatic heterocycles. The first-order valence-electron chi connectivity index (χ1n) is 4.90. The van der Waals surface area contributed by atoms with Gasteiger partial charge in [0.15, 0.2) is 0 Å². The summed E-state index contributed by atoms with van der Waals surface area (Å²) in [5.41, 5.74) is 2.77. The van der Waals surface area contributed by atoms with Crippen molar-refractivity contribution in [3.63, 3.8) is 0 Å². The monoisotopic (exact) mass is 287 g/mol. The molecule has 0 aromatic carbocycles. The summed E-state index contributed by atoms with van der Waals surface area (Å²) in [5.74, 6) is -0.860. The Bertz CT molecular complexity index is 500. The molecule has 80 valence electrons. The number of aromatic amines is 1. The van der Waals surface area contributed by atoms with Gasteiger partial charge < -0.3 is 0 Å². The van der Waals surface area contributed by atoms with E-state index < -0.39 is 14.8 Å². The molecule has 0 aliphatic heterocycles. The van der Waals surface area contributed by atoms with E-state index in [2.05, 4.69) is 23.0 Å². The standard InChI is InChI=1S/C10H13NO2SeSi/c1-15(2)5-6-4-14-8-3-7(10(12)13)11-9(6)8/h3-4,11,15H,5H2,1-2H3,(H,12,13). The van der Waals surface area contributed by atoms with Crippen LogP contribution in [0.3, 0.4) is 0 Å². The number of H-pyrrole nitrogens is 1. The molecule has 0 radical (unpaired) electrons. The molecule has 0 bridgehead atoms. The van der Waals surface area contributed by atoms with Crippen LogP contribution in [0.1, 0.15) is 16.1 Å². The van der Waals surface area contributed by atoms with E-state index in [1.807, 2.05) is 0 Å². The molecule has 3 nitrogen and oxygen atoms in total. The van der Waals surface area contributed by atoms with Gasteiger partial charge in [0.1, 0.15) is 0 Å². The van der Waals surface area contributed by atoms with E-state index in [4.69, 9.17) is 5.11 Å². The number of aromatic nitrogens is 1. The second-order valence-electron chi connectivity index (χ2n) is 4.09. The van der Waals surface area contributed by atoms with Crippen LogP contribution in [-0.2, 0) is 6.04 Å². The molecule has 2 rings (SSSR count). The molecule has 5 heteroatoms. The number of rotatable bonds is 3. The van der Waals surface area contributed by atoms with E-state index in [9.17, 15) is 4.79 Å². The van der Waals surface area contributed by atoms with Gasteiger partial charge >= 0.3 is 95.3 Å². The van der Waals surface area contributed by atoms with Crippen molar-refractivity contribution in [3.8, 4) is 0 Å². The summed E-state index contributed by atoms with van der Waals surface area (Å²) in [6.07, 6.45) is 0. The summed E-state index contributed by atoms with van der Waals surface area (Å²) in [4.78, 5) is 16.1. The van der Waals surface area contributed by atoms with Crippen LogP contribution >= 0.6 is 0 Å². The summed E-state index contributed by atoms with van der Waals surface area (Å²) >= 11 is 0.332. The number of carbonyl (C=O) groups is 1. The van der Waals surface area contributed by atoms with Crippen molar-refractivity contribution in [2.75, 3.05) is 0 Å². The predicted octanol–water partition coefficient (Wildman–Crippen LogP) is 1.49. The Hall–Kier alpha value is -0.774. The van der Waals surface area contributed by atoms with Crippen molar-refractivity contribution in [1.29, 1.82) is 0 Å². The van der Waals surface area contributed by atoms with E-state index in [-0.39, 0.29) is 0 Å². The average molecular weight is 286 g/mol. The van der Waals surface area contributed by atoms with E-state index in [1.54, 1.807) is 6.07 Å². The number of fused-ring (bicyclic) bond motifs is 1. The third-order valence-electron chi connectivity index (χ3n) is 2.29. The molecule has 15 heavy (non-hydrogen) atoms. The fraction of sp³-hybridized carbons (Fsp3) is 0.300. The van der Waals surface area contributed by atoms with Crippen molar-refractivity contribution in [1.82, 2.24) is 4.98 Å². The van der Waals surface area contributed by atoms with Gasteiger partial charge in [0.05, 0.1) is 0 Å². The molecule has 0 amide bonds. The number of carboxylic acids is 1. The Labute approximate surface area is 95.5 Å². The van der Waals surface area contributed by atoms with E-state index in [0.29, 0.717) is 20.2 Å². The molecule has 2 aromatic rings. The molecule has 0 spiro atoms. The Morgan fingerprint density at radius 1 is 1.60 bits per heavy atom. The zero-order chi connectivity index (χ0) is 11.0. The van der Waals surface area contributed by atoms with Crippen LogP contribution in [-0.4, -0.2) is 39.4 Å². The van der Waals surface area contributed by atoms with Crippen molar-refractivity contribution in [2.45, 2.75) is 19.1 Å². The van der Waals surface area contributed by atoms with Gasteiger partial charge in [0.2, 0.25) is 0 Å². The average Bonchev–Trinajstić information content (AvgIpc) is 2.66. The molecular formula is C10H13NO2SeSi. The molecule has 0 atom stereocenters. The van der Waals surface area contributed by atoms with Gasteiger partial charge in [-0.1, -0.05) is 0 Å². The number of hydrogen-bond acceptors (Lipinski definition) is 1. The molecule has 0 saturated heterocycles. The van der Waals surface area contributed by atoms with Crippen LogP contribution in [0, 0.1) is 0 Å². The number of aromatic carboxylic acids is 1. The normalized spacial score (nSPS) is 11.4. The first-order valence-corrected chi connectivity index (χ1v) is 9.87. The molecule has 0 saturated carbocycles. The summed E-state index contributed by atoms with van der Waals surface area (Å²) in [6.45, 7) is 4.62. The van der Waals surface area contributed by atoms with Crippen LogP contribution in [0.2, 0.25) is 13.1 Å². The van der Waals surface area contributed by atoms with Crippen LogP contribution in [0.25, 0.3) is 9.78 Å². The van der Waals surface area contributed by atoms with E-state index in [1.165, 1.54) is 9.82 Å². The Balaban J connectivity index is 2.44. The Morgan fingerprint density at radius 3 is 2.93 bits per heavy atom. The van der Waals surface area contributed by atoms with Crippen LogP contribution in [0.15, 0.2) is 11.0 Å². The topological polar surface area (TPSA) is 53.1 Å². The van der Waals surface area contributed by atoms with E-state index >= 15 is 0 Å². The summed E-state index contributed by atoms with van der Waals surface area (Å²) in [6, 6.07) is 2.94. The number of nitrogens with one attached hydrogen (secondary N) is 1. The minimum atomic E-state index is -0.860. The Kier molecular flexibility index (Phi) is 2.86. The van der Waals surface area contributed by atoms with Gasteiger partial charge in [-0.3, -0.25) is 0 Å². The molecule has 2 heterocycles. The van der Waals surface area contributed by atoms with Crippen molar-refractivity contribution < 1.29 is 9.90 Å². The predicted molar refractivity (Wildman–Crippen MR) is 64.8 cm³/mol. The summed E-state index contributed by atoms with van der Waals surface area (Å²) < 4.78 is 1.20. The quantitative estimate of drug-likeness (QED) is 0.840. The maximum absolute atomic E-state index is 10.8. The number of hydrogen-bond donors (Lipinski definition) is 2. The van der Waals surface area contributed by atoms with Gasteiger partial charge in [0.25, 0.3) is 0 Å². The molecule has 0 fully saturated rings. The minimum absolute atomic E-state index is 0.331. The van der Waals surface area contributed by atoms with E-state index in [0.717, 1.165) is 11.6 Å². The summed E-state index contributed by atoms with van der Waals surface area (Å²) in [7, 11) is -0.624. The first kappa shape index (κ1) is 10.7. The SMILES string of the molecule is C[SiH](C)Cc1c[se]c2cc(C(=O)O)[nH]c12. The fourth-order valence-corrected chi connectivity index (χ4v) is 5.28. The van der Waals surface area contributed by atoms with Crippen molar-refractivity contribution >= 4 is 39.0 Å². The first-order chi connectivity index (χ1) is 7.08. The number of carboxylic acid groups (broad SMARTS) is 1. The maximum atomic E-state index is 10.8. The molecule has 0 aliphatic rings. The van der Waals surface area contributed by atoms with Crippen LogP contribution < -0.4 is 0 Å². The van der Waals surface area contributed by atoms with Gasteiger partial charge in [-0.05, 0) is 0 Å². The van der Waals surface area contributed by atoms with Gasteiger partial charge in [-0.25, -0.2) is 0 Å². The molecule has 0 unspecified atom stereocenters.